The number of carbonyl (C=O) groups is 1. The maximum Gasteiger partial charge on any atom is 0.260 e. The van der Waals surface area contributed by atoms with Gasteiger partial charge in [0.1, 0.15) is 0 Å². The number of hydrogen-bond donors (Lipinski definition) is 0. The van der Waals surface area contributed by atoms with Crippen LogP contribution in [0.3, 0.4) is 0 Å². The van der Waals surface area contributed by atoms with Crippen LogP contribution >= 0.6 is 11.8 Å². The first-order valence-electron chi connectivity index (χ1n) is 8.98. The van der Waals surface area contributed by atoms with Gasteiger partial charge in [0.2, 0.25) is 0 Å². The van der Waals surface area contributed by atoms with E-state index in [2.05, 4.69) is 4.99 Å². The zero-order valence-corrected chi connectivity index (χ0v) is 17.9. The Bertz CT molecular complexity index is 982. The quantitative estimate of drug-likeness (QED) is 0.744. The van der Waals surface area contributed by atoms with E-state index in [0.717, 1.165) is 16.5 Å². The van der Waals surface area contributed by atoms with Crippen LogP contribution in [-0.2, 0) is 22.1 Å². The number of hydrogen-bond acceptors (Lipinski definition) is 5. The van der Waals surface area contributed by atoms with Crippen LogP contribution in [0.1, 0.15) is 35.3 Å². The van der Waals surface area contributed by atoms with Gasteiger partial charge in [-0.3, -0.25) is 14.7 Å². The number of nitrogens with zero attached hydrogens (tertiary/aromatic N) is 2. The second kappa shape index (κ2) is 8.09. The fraction of sp³-hybridized carbons (Fsp3) is 0.333. The molecule has 0 radical (unpaired) electrons. The largest absolute Gasteiger partial charge is 0.281 e. The fourth-order valence-electron chi connectivity index (χ4n) is 3.03. The van der Waals surface area contributed by atoms with Crippen LogP contribution in [0.15, 0.2) is 59.6 Å². The van der Waals surface area contributed by atoms with E-state index >= 15 is 0 Å². The summed E-state index contributed by atoms with van der Waals surface area (Å²) >= 11 is 1.59. The number of aliphatic imine (C=N–C) groups is 1. The Balaban J connectivity index is 1.82. The Kier molecular flexibility index (Phi) is 5.95. The molecule has 0 N–H and O–H groups in total. The van der Waals surface area contributed by atoms with Crippen molar-refractivity contribution < 1.29 is 13.2 Å². The van der Waals surface area contributed by atoms with Crippen molar-refractivity contribution in [1.29, 1.82) is 0 Å². The van der Waals surface area contributed by atoms with Crippen LogP contribution in [-0.4, -0.2) is 41.9 Å². The van der Waals surface area contributed by atoms with Crippen molar-refractivity contribution in [3.8, 4) is 0 Å². The SMILES string of the molecule is CC1(C)CSC(=NCc2ccccc2)N1C(=O)c1ccc(CS(C)(=O)=O)cc1. The number of rotatable bonds is 5. The van der Waals surface area contributed by atoms with Crippen LogP contribution in [0.2, 0.25) is 0 Å². The summed E-state index contributed by atoms with van der Waals surface area (Å²) in [5.41, 5.74) is 1.95. The van der Waals surface area contributed by atoms with Gasteiger partial charge in [-0.2, -0.15) is 0 Å². The molecule has 0 unspecified atom stereocenters. The van der Waals surface area contributed by atoms with Crippen LogP contribution in [0.4, 0.5) is 0 Å². The van der Waals surface area contributed by atoms with Gasteiger partial charge in [0.15, 0.2) is 15.0 Å². The maximum absolute atomic E-state index is 13.2. The highest BCUT2D eigenvalue weighted by Crippen LogP contribution is 2.34. The molecule has 1 heterocycles. The zero-order valence-electron chi connectivity index (χ0n) is 16.3. The molecule has 0 bridgehead atoms. The predicted octanol–water partition coefficient (Wildman–Crippen LogP) is 3.76. The molecule has 0 aliphatic carbocycles. The van der Waals surface area contributed by atoms with Crippen molar-refractivity contribution in [3.63, 3.8) is 0 Å². The van der Waals surface area contributed by atoms with E-state index in [0.29, 0.717) is 17.7 Å². The molecular formula is C21H24N2O3S2. The van der Waals surface area contributed by atoms with Crippen LogP contribution in [0.5, 0.6) is 0 Å². The summed E-state index contributed by atoms with van der Waals surface area (Å²) in [6.07, 6.45) is 1.20. The first-order valence-corrected chi connectivity index (χ1v) is 12.0. The second-order valence-electron chi connectivity index (χ2n) is 7.59. The number of sulfone groups is 1. The fourth-order valence-corrected chi connectivity index (χ4v) is 5.05. The minimum Gasteiger partial charge on any atom is -0.281 e. The van der Waals surface area contributed by atoms with Gasteiger partial charge < -0.3 is 0 Å². The highest BCUT2D eigenvalue weighted by Gasteiger charge is 2.41. The van der Waals surface area contributed by atoms with Gasteiger partial charge in [0, 0.05) is 17.6 Å². The van der Waals surface area contributed by atoms with Crippen molar-refractivity contribution >= 4 is 32.7 Å². The first-order chi connectivity index (χ1) is 13.2. The molecule has 2 aromatic carbocycles. The second-order valence-corrected chi connectivity index (χ2v) is 10.7. The molecule has 3 rings (SSSR count). The van der Waals surface area contributed by atoms with E-state index in [-0.39, 0.29) is 17.2 Å². The average molecular weight is 417 g/mol. The highest BCUT2D eigenvalue weighted by molar-refractivity contribution is 8.14. The summed E-state index contributed by atoms with van der Waals surface area (Å²) in [6.45, 7) is 4.58. The molecule has 1 aliphatic heterocycles. The van der Waals surface area contributed by atoms with E-state index in [1.54, 1.807) is 40.9 Å². The van der Waals surface area contributed by atoms with Gasteiger partial charge in [0.25, 0.3) is 5.91 Å². The summed E-state index contributed by atoms with van der Waals surface area (Å²) in [4.78, 5) is 19.6. The number of amidine groups is 1. The van der Waals surface area contributed by atoms with E-state index in [1.807, 2.05) is 44.2 Å². The molecule has 2 aromatic rings. The summed E-state index contributed by atoms with van der Waals surface area (Å²) in [5, 5.41) is 0.721. The Morgan fingerprint density at radius 1 is 1.07 bits per heavy atom. The van der Waals surface area contributed by atoms with Gasteiger partial charge in [-0.1, -0.05) is 54.2 Å². The third kappa shape index (κ3) is 5.02. The predicted molar refractivity (Wildman–Crippen MR) is 115 cm³/mol. The lowest BCUT2D eigenvalue weighted by molar-refractivity contribution is 0.0766. The number of carbonyl (C=O) groups excluding carboxylic acids is 1. The summed E-state index contributed by atoms with van der Waals surface area (Å²) in [5.74, 6) is 0.627. The maximum atomic E-state index is 13.2. The van der Waals surface area contributed by atoms with Gasteiger partial charge in [-0.05, 0) is 37.1 Å². The lowest BCUT2D eigenvalue weighted by Crippen LogP contribution is -2.46. The van der Waals surface area contributed by atoms with Crippen LogP contribution in [0.25, 0.3) is 0 Å². The average Bonchev–Trinajstić information content (AvgIpc) is 2.94. The summed E-state index contributed by atoms with van der Waals surface area (Å²) < 4.78 is 22.9. The van der Waals surface area contributed by atoms with E-state index in [9.17, 15) is 13.2 Å². The number of amides is 1. The van der Waals surface area contributed by atoms with Crippen molar-refractivity contribution in [3.05, 3.63) is 71.3 Å². The molecule has 0 spiro atoms. The first kappa shape index (κ1) is 20.6. The van der Waals surface area contributed by atoms with Gasteiger partial charge in [-0.25, -0.2) is 8.42 Å². The number of benzene rings is 2. The molecule has 5 nitrogen and oxygen atoms in total. The van der Waals surface area contributed by atoms with Crippen molar-refractivity contribution in [2.24, 2.45) is 4.99 Å². The van der Waals surface area contributed by atoms with E-state index in [4.69, 9.17) is 0 Å². The van der Waals surface area contributed by atoms with E-state index in [1.165, 1.54) is 6.26 Å². The van der Waals surface area contributed by atoms with Gasteiger partial charge in [0.05, 0.1) is 17.8 Å². The Morgan fingerprint density at radius 2 is 1.71 bits per heavy atom. The molecule has 28 heavy (non-hydrogen) atoms. The van der Waals surface area contributed by atoms with Crippen molar-refractivity contribution in [2.45, 2.75) is 31.7 Å². The third-order valence-electron chi connectivity index (χ3n) is 4.42. The summed E-state index contributed by atoms with van der Waals surface area (Å²) in [7, 11) is -3.10. The number of thioether (sulfide) groups is 1. The molecule has 1 fully saturated rings. The van der Waals surface area contributed by atoms with Crippen molar-refractivity contribution in [1.82, 2.24) is 4.90 Å². The van der Waals surface area contributed by atoms with Crippen LogP contribution in [0, 0.1) is 0 Å². The molecular weight excluding hydrogens is 392 g/mol. The minimum atomic E-state index is -3.10. The lowest BCUT2D eigenvalue weighted by atomic mass is 10.0. The molecule has 0 saturated carbocycles. The molecule has 0 aromatic heterocycles. The topological polar surface area (TPSA) is 66.8 Å². The smallest absolute Gasteiger partial charge is 0.260 e. The van der Waals surface area contributed by atoms with Gasteiger partial charge >= 0.3 is 0 Å². The van der Waals surface area contributed by atoms with Gasteiger partial charge in [-0.15, -0.1) is 0 Å². The monoisotopic (exact) mass is 416 g/mol. The van der Waals surface area contributed by atoms with Crippen LogP contribution < -0.4 is 0 Å². The summed E-state index contributed by atoms with van der Waals surface area (Å²) in [6, 6.07) is 16.7. The molecule has 1 amide bonds. The molecule has 7 heteroatoms. The minimum absolute atomic E-state index is 0.0314. The van der Waals surface area contributed by atoms with Crippen molar-refractivity contribution in [2.75, 3.05) is 12.0 Å². The standard InChI is InChI=1S/C21H24N2O3S2/c1-21(2)15-27-20(22-13-16-7-5-4-6-8-16)23(21)19(24)18-11-9-17(10-12-18)14-28(3,25)26/h4-12H,13-15H2,1-3H3. The molecule has 148 valence electrons. The van der Waals surface area contributed by atoms with E-state index < -0.39 is 9.84 Å². The molecule has 0 atom stereocenters. The Hall–Kier alpha value is -2.12. The normalized spacial score (nSPS) is 17.8. The highest BCUT2D eigenvalue weighted by atomic mass is 32.2. The molecule has 1 aliphatic rings. The lowest BCUT2D eigenvalue weighted by Gasteiger charge is -2.30. The molecule has 1 saturated heterocycles. The Morgan fingerprint density at radius 3 is 2.32 bits per heavy atom. The Labute approximate surface area is 170 Å². The zero-order chi connectivity index (χ0) is 20.4. The third-order valence-corrected chi connectivity index (χ3v) is 6.70.